The Bertz CT molecular complexity index is 693. The molecule has 0 aliphatic carbocycles. The lowest BCUT2D eigenvalue weighted by Crippen LogP contribution is -2.38. The summed E-state index contributed by atoms with van der Waals surface area (Å²) in [6.45, 7) is 7.93. The van der Waals surface area contributed by atoms with Crippen LogP contribution >= 0.6 is 35.6 Å². The molecule has 27 heavy (non-hydrogen) atoms. The summed E-state index contributed by atoms with van der Waals surface area (Å²) in [5, 5.41) is 11.0. The van der Waals surface area contributed by atoms with Gasteiger partial charge in [-0.15, -0.1) is 24.0 Å². The van der Waals surface area contributed by atoms with E-state index < -0.39 is 0 Å². The van der Waals surface area contributed by atoms with Crippen molar-refractivity contribution < 1.29 is 9.26 Å². The number of hydrogen-bond acceptors (Lipinski definition) is 5. The van der Waals surface area contributed by atoms with Crippen LogP contribution in [0.15, 0.2) is 33.8 Å². The van der Waals surface area contributed by atoms with Crippen molar-refractivity contribution >= 4 is 41.5 Å². The van der Waals surface area contributed by atoms with Gasteiger partial charge in [0.25, 0.3) is 0 Å². The minimum absolute atomic E-state index is 0. The molecule has 1 aromatic heterocycles. The van der Waals surface area contributed by atoms with Crippen molar-refractivity contribution in [1.82, 2.24) is 20.8 Å². The summed E-state index contributed by atoms with van der Waals surface area (Å²) in [6.07, 6.45) is 1.57. The highest BCUT2D eigenvalue weighted by Gasteiger charge is 2.06. The van der Waals surface area contributed by atoms with Gasteiger partial charge in [0.15, 0.2) is 11.8 Å². The quantitative estimate of drug-likeness (QED) is 0.233. The van der Waals surface area contributed by atoms with E-state index in [1.54, 1.807) is 0 Å². The van der Waals surface area contributed by atoms with E-state index in [-0.39, 0.29) is 30.1 Å². The zero-order valence-corrected chi connectivity index (χ0v) is 19.0. The maximum atomic E-state index is 5.88. The van der Waals surface area contributed by atoms with E-state index in [1.807, 2.05) is 45.0 Å². The Labute approximate surface area is 182 Å². The minimum Gasteiger partial charge on any atom is -0.489 e. The van der Waals surface area contributed by atoms with Gasteiger partial charge in [-0.1, -0.05) is 16.8 Å². The number of halogens is 2. The average molecular weight is 508 g/mol. The molecule has 2 aromatic rings. The Morgan fingerprint density at radius 2 is 2.04 bits per heavy atom. The molecule has 0 aliphatic heterocycles. The maximum absolute atomic E-state index is 5.88. The van der Waals surface area contributed by atoms with Crippen LogP contribution in [-0.4, -0.2) is 41.8 Å². The Morgan fingerprint density at radius 3 is 2.67 bits per heavy atom. The Hall–Kier alpha value is -1.55. The van der Waals surface area contributed by atoms with Crippen LogP contribution in [0.2, 0.25) is 5.02 Å². The molecule has 0 fully saturated rings. The summed E-state index contributed by atoms with van der Waals surface area (Å²) in [4.78, 5) is 8.76. The fourth-order valence-electron chi connectivity index (χ4n) is 2.23. The molecule has 2 rings (SSSR count). The molecule has 0 spiro atoms. The zero-order valence-electron chi connectivity index (χ0n) is 15.9. The van der Waals surface area contributed by atoms with Crippen molar-refractivity contribution in [3.8, 4) is 5.75 Å². The van der Waals surface area contributed by atoms with Gasteiger partial charge in [-0.3, -0.25) is 0 Å². The predicted octanol–water partition coefficient (Wildman–Crippen LogP) is 3.60. The standard InChI is InChI=1S/C18H26ClN5O2.HI/c1-4-20-18(21-11-5-6-17-23-14(3)24-26-17)22-12-13(2)25-16-9-7-15(19)8-10-16;/h7-10,13H,4-6,11-12H2,1-3H3,(H2,20,21,22);1H. The SMILES string of the molecule is CCNC(=NCC(C)Oc1ccc(Cl)cc1)NCCCc1nc(C)no1.I. The van der Waals surface area contributed by atoms with Crippen molar-refractivity contribution in [1.29, 1.82) is 0 Å². The third-order valence-corrected chi connectivity index (χ3v) is 3.68. The number of ether oxygens (including phenoxy) is 1. The van der Waals surface area contributed by atoms with Crippen LogP contribution in [0.3, 0.4) is 0 Å². The second kappa shape index (κ2) is 12.8. The second-order valence-corrected chi connectivity index (χ2v) is 6.30. The van der Waals surface area contributed by atoms with Gasteiger partial charge in [0.2, 0.25) is 5.89 Å². The van der Waals surface area contributed by atoms with Crippen molar-refractivity contribution in [3.63, 3.8) is 0 Å². The zero-order chi connectivity index (χ0) is 18.8. The summed E-state index contributed by atoms with van der Waals surface area (Å²) in [5.74, 6) is 2.87. The highest BCUT2D eigenvalue weighted by molar-refractivity contribution is 14.0. The lowest BCUT2D eigenvalue weighted by atomic mass is 10.3. The molecule has 0 aliphatic rings. The lowest BCUT2D eigenvalue weighted by molar-refractivity contribution is 0.230. The topological polar surface area (TPSA) is 84.6 Å². The van der Waals surface area contributed by atoms with Gasteiger partial charge in [-0.05, 0) is 51.5 Å². The Balaban J connectivity index is 0.00000364. The van der Waals surface area contributed by atoms with E-state index in [2.05, 4.69) is 25.8 Å². The van der Waals surface area contributed by atoms with Crippen LogP contribution in [0.4, 0.5) is 0 Å². The normalized spacial score (nSPS) is 12.2. The molecule has 150 valence electrons. The first-order chi connectivity index (χ1) is 12.6. The monoisotopic (exact) mass is 507 g/mol. The highest BCUT2D eigenvalue weighted by atomic mass is 127. The van der Waals surface area contributed by atoms with Crippen LogP contribution in [0.5, 0.6) is 5.75 Å². The number of hydrogen-bond donors (Lipinski definition) is 2. The molecule has 0 radical (unpaired) electrons. The van der Waals surface area contributed by atoms with Gasteiger partial charge >= 0.3 is 0 Å². The number of rotatable bonds is 9. The molecular formula is C18H27ClIN5O2. The van der Waals surface area contributed by atoms with E-state index >= 15 is 0 Å². The second-order valence-electron chi connectivity index (χ2n) is 5.87. The Kier molecular flexibility index (Phi) is 11.1. The first kappa shape index (κ1) is 23.5. The van der Waals surface area contributed by atoms with Crippen molar-refractivity contribution in [2.45, 2.75) is 39.7 Å². The Morgan fingerprint density at radius 1 is 1.30 bits per heavy atom. The molecule has 2 N–H and O–H groups in total. The number of aliphatic imine (C=N–C) groups is 1. The number of aryl methyl sites for hydroxylation is 2. The van der Waals surface area contributed by atoms with Crippen LogP contribution in [0, 0.1) is 6.92 Å². The maximum Gasteiger partial charge on any atom is 0.226 e. The molecule has 0 amide bonds. The largest absolute Gasteiger partial charge is 0.489 e. The first-order valence-electron chi connectivity index (χ1n) is 8.80. The van der Waals surface area contributed by atoms with Crippen LogP contribution in [0.25, 0.3) is 0 Å². The van der Waals surface area contributed by atoms with Crippen LogP contribution in [0.1, 0.15) is 32.0 Å². The smallest absolute Gasteiger partial charge is 0.226 e. The highest BCUT2D eigenvalue weighted by Crippen LogP contribution is 2.16. The molecule has 1 heterocycles. The van der Waals surface area contributed by atoms with E-state index in [0.717, 1.165) is 37.6 Å². The van der Waals surface area contributed by atoms with Gasteiger partial charge in [0.05, 0.1) is 6.54 Å². The van der Waals surface area contributed by atoms with Crippen LogP contribution in [-0.2, 0) is 6.42 Å². The number of guanidine groups is 1. The fourth-order valence-corrected chi connectivity index (χ4v) is 2.36. The molecule has 0 saturated carbocycles. The van der Waals surface area contributed by atoms with Crippen molar-refractivity contribution in [2.24, 2.45) is 4.99 Å². The van der Waals surface area contributed by atoms with Gasteiger partial charge in [-0.2, -0.15) is 4.98 Å². The van der Waals surface area contributed by atoms with Crippen LogP contribution < -0.4 is 15.4 Å². The number of aromatic nitrogens is 2. The first-order valence-corrected chi connectivity index (χ1v) is 9.18. The molecule has 0 saturated heterocycles. The average Bonchev–Trinajstić information content (AvgIpc) is 3.03. The minimum atomic E-state index is -0.0481. The predicted molar refractivity (Wildman–Crippen MR) is 118 cm³/mol. The van der Waals surface area contributed by atoms with Gasteiger partial charge in [0.1, 0.15) is 11.9 Å². The molecule has 1 unspecified atom stereocenters. The third-order valence-electron chi connectivity index (χ3n) is 3.43. The summed E-state index contributed by atoms with van der Waals surface area (Å²) in [6, 6.07) is 7.32. The van der Waals surface area contributed by atoms with Crippen molar-refractivity contribution in [2.75, 3.05) is 19.6 Å². The fraction of sp³-hybridized carbons (Fsp3) is 0.500. The summed E-state index contributed by atoms with van der Waals surface area (Å²) < 4.78 is 10.9. The summed E-state index contributed by atoms with van der Waals surface area (Å²) >= 11 is 5.88. The molecule has 7 nitrogen and oxygen atoms in total. The molecule has 0 bridgehead atoms. The molecule has 1 aromatic carbocycles. The molecule has 9 heteroatoms. The lowest BCUT2D eigenvalue weighted by Gasteiger charge is -2.15. The third kappa shape index (κ3) is 9.28. The molecular weight excluding hydrogens is 481 g/mol. The van der Waals surface area contributed by atoms with E-state index in [4.69, 9.17) is 20.9 Å². The summed E-state index contributed by atoms with van der Waals surface area (Å²) in [7, 11) is 0. The van der Waals surface area contributed by atoms with E-state index in [9.17, 15) is 0 Å². The van der Waals surface area contributed by atoms with Gasteiger partial charge < -0.3 is 19.9 Å². The van der Waals surface area contributed by atoms with Gasteiger partial charge in [0, 0.05) is 24.5 Å². The van der Waals surface area contributed by atoms with E-state index in [1.165, 1.54) is 0 Å². The van der Waals surface area contributed by atoms with Gasteiger partial charge in [-0.25, -0.2) is 4.99 Å². The van der Waals surface area contributed by atoms with Crippen molar-refractivity contribution in [3.05, 3.63) is 41.0 Å². The number of nitrogens with one attached hydrogen (secondary N) is 2. The number of benzene rings is 1. The molecule has 1 atom stereocenters. The number of nitrogens with zero attached hydrogens (tertiary/aromatic N) is 3. The summed E-state index contributed by atoms with van der Waals surface area (Å²) in [5.41, 5.74) is 0. The van der Waals surface area contributed by atoms with E-state index in [0.29, 0.717) is 23.3 Å².